The average Bonchev–Trinajstić information content (AvgIpc) is 2.96. The molecule has 3 rings (SSSR count). The van der Waals surface area contributed by atoms with Gasteiger partial charge in [-0.05, 0) is 42.8 Å². The average molecular weight is 402 g/mol. The van der Waals surface area contributed by atoms with Crippen molar-refractivity contribution in [3.63, 3.8) is 0 Å². The van der Waals surface area contributed by atoms with Crippen LogP contribution in [0.4, 0.5) is 0 Å². The van der Waals surface area contributed by atoms with Crippen LogP contribution in [0.3, 0.4) is 0 Å². The van der Waals surface area contributed by atoms with Crippen LogP contribution in [0.5, 0.6) is 5.75 Å². The monoisotopic (exact) mass is 401 g/mol. The summed E-state index contributed by atoms with van der Waals surface area (Å²) in [5, 5.41) is 19.8. The summed E-state index contributed by atoms with van der Waals surface area (Å²) in [4.78, 5) is 0. The van der Waals surface area contributed by atoms with Gasteiger partial charge in [-0.1, -0.05) is 49.9 Å². The van der Waals surface area contributed by atoms with E-state index in [1.165, 1.54) is 19.3 Å². The maximum absolute atomic E-state index is 10.5. The van der Waals surface area contributed by atoms with Gasteiger partial charge in [0, 0.05) is 11.6 Å². The van der Waals surface area contributed by atoms with Gasteiger partial charge in [0.1, 0.15) is 18.5 Å². The number of ether oxygens (including phenoxy) is 1. The zero-order valence-corrected chi connectivity index (χ0v) is 17.0. The van der Waals surface area contributed by atoms with Gasteiger partial charge in [-0.3, -0.25) is 5.41 Å². The second-order valence-electron chi connectivity index (χ2n) is 7.05. The molecule has 0 aliphatic heterocycles. The second kappa shape index (κ2) is 9.80. The number of benzene rings is 2. The molecule has 2 N–H and O–H groups in total. The number of aliphatic hydroxyl groups is 1. The standard InChI is InChI=1S/C22H28ClN3O2/c1-2-3-4-7-14-25-20-8-5-6-9-21(20)26(22(25)24)15-18(27)16-28-19-12-10-17(23)11-13-19/h5-6,8-13,18,24,27H,2-4,7,14-16H2,1H3/t18-/m0/s1. The second-order valence-corrected chi connectivity index (χ2v) is 7.49. The largest absolute Gasteiger partial charge is 0.491 e. The molecule has 3 aromatic rings. The number of rotatable bonds is 10. The van der Waals surface area contributed by atoms with Gasteiger partial charge >= 0.3 is 0 Å². The van der Waals surface area contributed by atoms with E-state index in [0.29, 0.717) is 22.9 Å². The summed E-state index contributed by atoms with van der Waals surface area (Å²) in [5.41, 5.74) is 2.42. The van der Waals surface area contributed by atoms with Gasteiger partial charge in [-0.25, -0.2) is 0 Å². The van der Waals surface area contributed by atoms with Crippen molar-refractivity contribution < 1.29 is 9.84 Å². The highest BCUT2D eigenvalue weighted by Crippen LogP contribution is 2.17. The highest BCUT2D eigenvalue weighted by Gasteiger charge is 2.14. The predicted molar refractivity (Wildman–Crippen MR) is 113 cm³/mol. The van der Waals surface area contributed by atoms with E-state index >= 15 is 0 Å². The van der Waals surface area contributed by atoms with E-state index in [1.54, 1.807) is 24.3 Å². The number of hydrogen-bond acceptors (Lipinski definition) is 3. The van der Waals surface area contributed by atoms with E-state index in [-0.39, 0.29) is 6.61 Å². The number of imidazole rings is 1. The van der Waals surface area contributed by atoms with E-state index in [0.717, 1.165) is 24.0 Å². The van der Waals surface area contributed by atoms with Gasteiger partial charge in [0.15, 0.2) is 0 Å². The molecule has 0 aliphatic carbocycles. The van der Waals surface area contributed by atoms with Crippen molar-refractivity contribution in [1.82, 2.24) is 9.13 Å². The number of aromatic nitrogens is 2. The summed E-state index contributed by atoms with van der Waals surface area (Å²) in [6, 6.07) is 15.1. The number of unbranched alkanes of at least 4 members (excludes halogenated alkanes) is 3. The highest BCUT2D eigenvalue weighted by molar-refractivity contribution is 6.30. The first-order valence-electron chi connectivity index (χ1n) is 9.89. The number of fused-ring (bicyclic) bond motifs is 1. The molecule has 1 aromatic heterocycles. The maximum atomic E-state index is 10.5. The third-order valence-electron chi connectivity index (χ3n) is 4.86. The molecular weight excluding hydrogens is 374 g/mol. The zero-order valence-electron chi connectivity index (χ0n) is 16.3. The Bertz CT molecular complexity index is 947. The van der Waals surface area contributed by atoms with Gasteiger partial charge in [0.2, 0.25) is 5.62 Å². The number of para-hydroxylation sites is 2. The molecule has 0 unspecified atom stereocenters. The van der Waals surface area contributed by atoms with Gasteiger partial charge < -0.3 is 19.0 Å². The Labute approximate surface area is 170 Å². The maximum Gasteiger partial charge on any atom is 0.203 e. The van der Waals surface area contributed by atoms with Crippen LogP contribution >= 0.6 is 11.6 Å². The van der Waals surface area contributed by atoms with E-state index in [2.05, 4.69) is 6.92 Å². The lowest BCUT2D eigenvalue weighted by molar-refractivity contribution is 0.0921. The van der Waals surface area contributed by atoms with Crippen molar-refractivity contribution in [2.45, 2.75) is 51.8 Å². The van der Waals surface area contributed by atoms with Crippen LogP contribution in [0.25, 0.3) is 11.0 Å². The van der Waals surface area contributed by atoms with Crippen molar-refractivity contribution in [2.24, 2.45) is 0 Å². The molecule has 5 nitrogen and oxygen atoms in total. The highest BCUT2D eigenvalue weighted by atomic mass is 35.5. The lowest BCUT2D eigenvalue weighted by Crippen LogP contribution is -2.31. The molecule has 2 aromatic carbocycles. The summed E-state index contributed by atoms with van der Waals surface area (Å²) in [5.74, 6) is 0.665. The van der Waals surface area contributed by atoms with Crippen LogP contribution in [0.1, 0.15) is 32.6 Å². The van der Waals surface area contributed by atoms with E-state index in [9.17, 15) is 5.11 Å². The van der Waals surface area contributed by atoms with Crippen LogP contribution in [0, 0.1) is 5.41 Å². The zero-order chi connectivity index (χ0) is 19.9. The summed E-state index contributed by atoms with van der Waals surface area (Å²) in [6.07, 6.45) is 3.91. The molecule has 6 heteroatoms. The van der Waals surface area contributed by atoms with E-state index < -0.39 is 6.10 Å². The van der Waals surface area contributed by atoms with Crippen LogP contribution in [-0.2, 0) is 13.1 Å². The first-order valence-corrected chi connectivity index (χ1v) is 10.3. The SMILES string of the molecule is CCCCCCn1c(=N)n(C[C@H](O)COc2ccc(Cl)cc2)c2ccccc21. The Morgan fingerprint density at radius 3 is 2.36 bits per heavy atom. The Morgan fingerprint density at radius 1 is 1.00 bits per heavy atom. The van der Waals surface area contributed by atoms with Crippen LogP contribution in [0.15, 0.2) is 48.5 Å². The van der Waals surface area contributed by atoms with Gasteiger partial charge in [-0.2, -0.15) is 0 Å². The molecule has 0 radical (unpaired) electrons. The minimum atomic E-state index is -0.718. The Kier molecular flexibility index (Phi) is 7.18. The first kappa shape index (κ1) is 20.5. The summed E-state index contributed by atoms with van der Waals surface area (Å²) >= 11 is 5.88. The molecule has 0 spiro atoms. The number of aliphatic hydroxyl groups excluding tert-OH is 1. The molecular formula is C22H28ClN3O2. The summed E-state index contributed by atoms with van der Waals surface area (Å²) in [7, 11) is 0. The Hall–Kier alpha value is -2.24. The topological polar surface area (TPSA) is 63.2 Å². The number of nitrogens with one attached hydrogen (secondary N) is 1. The summed E-state index contributed by atoms with van der Waals surface area (Å²) in [6.45, 7) is 3.49. The van der Waals surface area contributed by atoms with Gasteiger partial charge in [0.05, 0.1) is 17.6 Å². The fourth-order valence-electron chi connectivity index (χ4n) is 3.39. The summed E-state index contributed by atoms with van der Waals surface area (Å²) < 4.78 is 9.56. The van der Waals surface area contributed by atoms with E-state index in [1.807, 2.05) is 33.4 Å². The van der Waals surface area contributed by atoms with Crippen molar-refractivity contribution >= 4 is 22.6 Å². The minimum absolute atomic E-state index is 0.157. The van der Waals surface area contributed by atoms with E-state index in [4.69, 9.17) is 21.7 Å². The lowest BCUT2D eigenvalue weighted by Gasteiger charge is -2.14. The smallest absolute Gasteiger partial charge is 0.203 e. The minimum Gasteiger partial charge on any atom is -0.491 e. The Balaban J connectivity index is 1.72. The molecule has 0 bridgehead atoms. The number of aryl methyl sites for hydroxylation is 1. The number of hydrogen-bond donors (Lipinski definition) is 2. The number of halogens is 1. The first-order chi connectivity index (χ1) is 13.6. The molecule has 0 fully saturated rings. The third kappa shape index (κ3) is 4.97. The van der Waals surface area contributed by atoms with Crippen molar-refractivity contribution in [2.75, 3.05) is 6.61 Å². The van der Waals surface area contributed by atoms with Gasteiger partial charge in [-0.15, -0.1) is 0 Å². The number of nitrogens with zero attached hydrogens (tertiary/aromatic N) is 2. The molecule has 1 atom stereocenters. The predicted octanol–water partition coefficient (Wildman–Crippen LogP) is 4.60. The molecule has 0 amide bonds. The molecule has 0 saturated carbocycles. The van der Waals surface area contributed by atoms with Crippen LogP contribution in [0.2, 0.25) is 5.02 Å². The molecule has 28 heavy (non-hydrogen) atoms. The molecule has 1 heterocycles. The Morgan fingerprint density at radius 2 is 1.68 bits per heavy atom. The van der Waals surface area contributed by atoms with Crippen molar-refractivity contribution in [1.29, 1.82) is 5.41 Å². The van der Waals surface area contributed by atoms with Crippen molar-refractivity contribution in [3.8, 4) is 5.75 Å². The molecule has 150 valence electrons. The van der Waals surface area contributed by atoms with Crippen LogP contribution in [-0.4, -0.2) is 27.0 Å². The van der Waals surface area contributed by atoms with Crippen LogP contribution < -0.4 is 10.4 Å². The third-order valence-corrected chi connectivity index (χ3v) is 5.11. The van der Waals surface area contributed by atoms with Gasteiger partial charge in [0.25, 0.3) is 0 Å². The normalized spacial score (nSPS) is 12.4. The lowest BCUT2D eigenvalue weighted by atomic mass is 10.2. The van der Waals surface area contributed by atoms with Crippen molar-refractivity contribution in [3.05, 3.63) is 59.2 Å². The fourth-order valence-corrected chi connectivity index (χ4v) is 3.52. The fraction of sp³-hybridized carbons (Fsp3) is 0.409. The molecule has 0 aliphatic rings. The molecule has 0 saturated heterocycles. The quantitative estimate of drug-likeness (QED) is 0.488.